The van der Waals surface area contributed by atoms with Crippen LogP contribution in [0.15, 0.2) is 12.1 Å². The van der Waals surface area contributed by atoms with Crippen molar-refractivity contribution in [2.75, 3.05) is 6.61 Å². The average Bonchev–Trinajstić information content (AvgIpc) is 3.04. The largest absolute Gasteiger partial charge is 0.493 e. The zero-order chi connectivity index (χ0) is 12.4. The van der Waals surface area contributed by atoms with Gasteiger partial charge in [-0.15, -0.1) is 12.4 Å². The van der Waals surface area contributed by atoms with Gasteiger partial charge in [0.05, 0.1) is 6.61 Å². The SMILES string of the molecule is Cc1cc(OCC2CC2)c(C)cc1CC(C)N.Cl. The highest BCUT2D eigenvalue weighted by Gasteiger charge is 2.22. The summed E-state index contributed by atoms with van der Waals surface area (Å²) in [5.41, 5.74) is 9.72. The Labute approximate surface area is 116 Å². The Morgan fingerprint density at radius 1 is 1.28 bits per heavy atom. The van der Waals surface area contributed by atoms with Gasteiger partial charge in [-0.3, -0.25) is 0 Å². The molecule has 1 aliphatic carbocycles. The number of rotatable bonds is 5. The number of hydrogen-bond acceptors (Lipinski definition) is 2. The van der Waals surface area contributed by atoms with Gasteiger partial charge in [-0.25, -0.2) is 0 Å². The molecule has 1 aromatic carbocycles. The molecule has 1 unspecified atom stereocenters. The van der Waals surface area contributed by atoms with Crippen LogP contribution in [-0.4, -0.2) is 12.6 Å². The second-order valence-corrected chi connectivity index (χ2v) is 5.48. The molecule has 0 aliphatic heterocycles. The van der Waals surface area contributed by atoms with E-state index in [4.69, 9.17) is 10.5 Å². The van der Waals surface area contributed by atoms with Gasteiger partial charge in [0.15, 0.2) is 0 Å². The summed E-state index contributed by atoms with van der Waals surface area (Å²) in [7, 11) is 0. The van der Waals surface area contributed by atoms with Crippen molar-refractivity contribution in [2.45, 2.75) is 46.1 Å². The Balaban J connectivity index is 0.00000162. The van der Waals surface area contributed by atoms with Crippen LogP contribution in [0.5, 0.6) is 5.75 Å². The summed E-state index contributed by atoms with van der Waals surface area (Å²) >= 11 is 0. The lowest BCUT2D eigenvalue weighted by molar-refractivity contribution is 0.297. The van der Waals surface area contributed by atoms with Gasteiger partial charge in [0, 0.05) is 6.04 Å². The summed E-state index contributed by atoms with van der Waals surface area (Å²) in [6.07, 6.45) is 3.61. The minimum atomic E-state index is 0. The molecule has 1 saturated carbocycles. The maximum absolute atomic E-state index is 5.87. The van der Waals surface area contributed by atoms with Crippen molar-refractivity contribution in [3.63, 3.8) is 0 Å². The van der Waals surface area contributed by atoms with Crippen molar-refractivity contribution in [2.24, 2.45) is 11.7 Å². The predicted octanol–water partition coefficient (Wildman–Crippen LogP) is 3.40. The summed E-state index contributed by atoms with van der Waals surface area (Å²) < 4.78 is 5.87. The number of ether oxygens (including phenoxy) is 1. The van der Waals surface area contributed by atoms with E-state index in [1.165, 1.54) is 29.5 Å². The number of aryl methyl sites for hydroxylation is 2. The highest BCUT2D eigenvalue weighted by molar-refractivity contribution is 5.85. The molecule has 0 amide bonds. The molecule has 0 spiro atoms. The van der Waals surface area contributed by atoms with Crippen LogP contribution in [0.25, 0.3) is 0 Å². The molecule has 0 bridgehead atoms. The van der Waals surface area contributed by atoms with Crippen LogP contribution >= 0.6 is 12.4 Å². The third kappa shape index (κ3) is 4.18. The second kappa shape index (κ2) is 6.44. The van der Waals surface area contributed by atoms with Crippen LogP contribution in [0.2, 0.25) is 0 Å². The third-order valence-electron chi connectivity index (χ3n) is 3.35. The quantitative estimate of drug-likeness (QED) is 0.889. The van der Waals surface area contributed by atoms with Crippen LogP contribution < -0.4 is 10.5 Å². The minimum absolute atomic E-state index is 0. The lowest BCUT2D eigenvalue weighted by Crippen LogP contribution is -2.18. The first-order chi connectivity index (χ1) is 8.06. The summed E-state index contributed by atoms with van der Waals surface area (Å²) in [5.74, 6) is 1.85. The molecule has 2 rings (SSSR count). The molecule has 1 aliphatic rings. The van der Waals surface area contributed by atoms with Gasteiger partial charge in [0.25, 0.3) is 0 Å². The normalized spacial score (nSPS) is 16.0. The Morgan fingerprint density at radius 2 is 1.94 bits per heavy atom. The molecule has 1 aromatic rings. The third-order valence-corrected chi connectivity index (χ3v) is 3.35. The first-order valence-corrected chi connectivity index (χ1v) is 6.54. The van der Waals surface area contributed by atoms with Crippen LogP contribution in [0.1, 0.15) is 36.5 Å². The fourth-order valence-corrected chi connectivity index (χ4v) is 2.06. The summed E-state index contributed by atoms with van der Waals surface area (Å²) in [6, 6.07) is 4.60. The molecule has 1 fully saturated rings. The van der Waals surface area contributed by atoms with Gasteiger partial charge in [-0.1, -0.05) is 6.07 Å². The van der Waals surface area contributed by atoms with Crippen molar-refractivity contribution in [1.82, 2.24) is 0 Å². The van der Waals surface area contributed by atoms with Crippen molar-refractivity contribution in [3.8, 4) is 5.75 Å². The Bertz CT molecular complexity index is 400. The first-order valence-electron chi connectivity index (χ1n) is 6.54. The summed E-state index contributed by atoms with van der Waals surface area (Å²) in [5, 5.41) is 0. The monoisotopic (exact) mass is 269 g/mol. The molecule has 0 aromatic heterocycles. The molecule has 2 N–H and O–H groups in total. The van der Waals surface area contributed by atoms with Gasteiger partial charge >= 0.3 is 0 Å². The standard InChI is InChI=1S/C15H23NO.ClH/c1-10-7-15(17-9-13-4-5-13)11(2)6-14(10)8-12(3)16;/h6-7,12-13H,4-5,8-9,16H2,1-3H3;1H. The Morgan fingerprint density at radius 3 is 2.50 bits per heavy atom. The van der Waals surface area contributed by atoms with Crippen molar-refractivity contribution >= 4 is 12.4 Å². The van der Waals surface area contributed by atoms with Crippen molar-refractivity contribution < 1.29 is 4.74 Å². The zero-order valence-electron chi connectivity index (χ0n) is 11.5. The molecule has 102 valence electrons. The maximum Gasteiger partial charge on any atom is 0.122 e. The van der Waals surface area contributed by atoms with Crippen molar-refractivity contribution in [3.05, 3.63) is 28.8 Å². The first kappa shape index (κ1) is 15.3. The molecule has 0 heterocycles. The zero-order valence-corrected chi connectivity index (χ0v) is 12.3. The van der Waals surface area contributed by atoms with Gasteiger partial charge in [0.2, 0.25) is 0 Å². The summed E-state index contributed by atoms with van der Waals surface area (Å²) in [4.78, 5) is 0. The smallest absolute Gasteiger partial charge is 0.122 e. The van der Waals surface area contributed by atoms with E-state index in [1.807, 2.05) is 6.92 Å². The molecule has 1 atom stereocenters. The van der Waals surface area contributed by atoms with Gasteiger partial charge in [-0.05, 0) is 68.7 Å². The van der Waals surface area contributed by atoms with Gasteiger partial charge in [-0.2, -0.15) is 0 Å². The van der Waals surface area contributed by atoms with Crippen LogP contribution in [0.4, 0.5) is 0 Å². The van der Waals surface area contributed by atoms with E-state index in [-0.39, 0.29) is 18.4 Å². The Hall–Kier alpha value is -0.730. The minimum Gasteiger partial charge on any atom is -0.493 e. The topological polar surface area (TPSA) is 35.2 Å². The van der Waals surface area contributed by atoms with E-state index in [1.54, 1.807) is 0 Å². The fourth-order valence-electron chi connectivity index (χ4n) is 2.06. The molecule has 0 radical (unpaired) electrons. The van der Waals surface area contributed by atoms with E-state index in [9.17, 15) is 0 Å². The van der Waals surface area contributed by atoms with Gasteiger partial charge in [0.1, 0.15) is 5.75 Å². The molecule has 3 heteroatoms. The maximum atomic E-state index is 5.87. The van der Waals surface area contributed by atoms with E-state index in [2.05, 4.69) is 26.0 Å². The van der Waals surface area contributed by atoms with E-state index < -0.39 is 0 Å². The number of benzene rings is 1. The average molecular weight is 270 g/mol. The molecule has 2 nitrogen and oxygen atoms in total. The lowest BCUT2D eigenvalue weighted by Gasteiger charge is -2.14. The second-order valence-electron chi connectivity index (χ2n) is 5.48. The molecule has 0 saturated heterocycles. The van der Waals surface area contributed by atoms with E-state index in [0.29, 0.717) is 0 Å². The molecular formula is C15H24ClNO. The number of nitrogens with two attached hydrogens (primary N) is 1. The fraction of sp³-hybridized carbons (Fsp3) is 0.600. The van der Waals surface area contributed by atoms with Crippen LogP contribution in [0.3, 0.4) is 0 Å². The predicted molar refractivity (Wildman–Crippen MR) is 78.7 cm³/mol. The highest BCUT2D eigenvalue weighted by Crippen LogP contribution is 2.31. The van der Waals surface area contributed by atoms with Crippen LogP contribution in [-0.2, 0) is 6.42 Å². The molecular weight excluding hydrogens is 246 g/mol. The van der Waals surface area contributed by atoms with E-state index in [0.717, 1.165) is 24.7 Å². The lowest BCUT2D eigenvalue weighted by atomic mass is 9.99. The Kier molecular flexibility index (Phi) is 5.48. The van der Waals surface area contributed by atoms with Crippen LogP contribution in [0, 0.1) is 19.8 Å². The summed E-state index contributed by atoms with van der Waals surface area (Å²) in [6.45, 7) is 7.19. The number of hydrogen-bond donors (Lipinski definition) is 1. The van der Waals surface area contributed by atoms with E-state index >= 15 is 0 Å². The van der Waals surface area contributed by atoms with Crippen molar-refractivity contribution in [1.29, 1.82) is 0 Å². The number of halogens is 1. The highest BCUT2D eigenvalue weighted by atomic mass is 35.5. The molecule has 18 heavy (non-hydrogen) atoms. The van der Waals surface area contributed by atoms with Gasteiger partial charge < -0.3 is 10.5 Å².